The Morgan fingerprint density at radius 2 is 1.66 bits per heavy atom. The number of methoxy groups -OCH3 is 1. The van der Waals surface area contributed by atoms with E-state index in [0.717, 1.165) is 74.5 Å². The van der Waals surface area contributed by atoms with E-state index >= 15 is 0 Å². The zero-order valence-electron chi connectivity index (χ0n) is 27.7. The second-order valence-electron chi connectivity index (χ2n) is 12.7. The largest absolute Gasteiger partial charge is 0.494 e. The number of benzene rings is 2. The Labute approximate surface area is 281 Å². The van der Waals surface area contributed by atoms with Crippen molar-refractivity contribution >= 4 is 64.3 Å². The Kier molecular flexibility index (Phi) is 9.93. The summed E-state index contributed by atoms with van der Waals surface area (Å²) >= 11 is 6.53. The predicted molar refractivity (Wildman–Crippen MR) is 193 cm³/mol. The van der Waals surface area contributed by atoms with Gasteiger partial charge in [-0.15, -0.1) is 0 Å². The van der Waals surface area contributed by atoms with Crippen LogP contribution in [-0.4, -0.2) is 102 Å². The molecule has 2 aliphatic rings. The van der Waals surface area contributed by atoms with E-state index in [1.165, 1.54) is 0 Å². The standard InChI is InChI=1S/C33H44ClN10O2P/c1-41-14-16-43(17-15-41)24-10-12-44(13-11-24)29-19-30(46-3)28(18-27(29)37-23-20-36-42(2)22-23)39-33-35-21-25(34)32(40-33)38-26-8-6-7-9-31(26)47(4,5)45/h6-9,18-22,24,37H,10-17H2,1-5H3,(H2,35,38,39,40). The number of piperazine rings is 1. The molecule has 47 heavy (non-hydrogen) atoms. The van der Waals surface area contributed by atoms with Crippen molar-refractivity contribution in [3.05, 3.63) is 60.0 Å². The fourth-order valence-electron chi connectivity index (χ4n) is 6.31. The molecule has 0 saturated carbocycles. The number of hydrogen-bond donors (Lipinski definition) is 3. The molecule has 14 heteroatoms. The maximum Gasteiger partial charge on any atom is 0.229 e. The summed E-state index contributed by atoms with van der Waals surface area (Å²) in [5.41, 5.74) is 4.24. The molecule has 250 valence electrons. The summed E-state index contributed by atoms with van der Waals surface area (Å²) in [4.78, 5) is 16.7. The lowest BCUT2D eigenvalue weighted by atomic mass is 10.0. The number of nitrogens with zero attached hydrogens (tertiary/aromatic N) is 7. The van der Waals surface area contributed by atoms with E-state index < -0.39 is 7.14 Å². The first kappa shape index (κ1) is 33.1. The van der Waals surface area contributed by atoms with E-state index in [0.29, 0.717) is 40.0 Å². The Morgan fingerprint density at radius 3 is 2.34 bits per heavy atom. The number of piperidine rings is 1. The Balaban J connectivity index is 1.27. The number of para-hydroxylation sites is 1. The average Bonchev–Trinajstić information content (AvgIpc) is 3.47. The monoisotopic (exact) mass is 678 g/mol. The number of rotatable bonds is 10. The average molecular weight is 679 g/mol. The minimum atomic E-state index is -2.55. The molecule has 2 aromatic heterocycles. The van der Waals surface area contributed by atoms with Gasteiger partial charge in [0.15, 0.2) is 5.82 Å². The number of likely N-dealkylation sites (N-methyl/N-ethyl adjacent to an activating group) is 1. The van der Waals surface area contributed by atoms with Gasteiger partial charge in [-0.1, -0.05) is 23.7 Å². The van der Waals surface area contributed by atoms with Crippen molar-refractivity contribution in [2.45, 2.75) is 18.9 Å². The molecule has 0 aliphatic carbocycles. The van der Waals surface area contributed by atoms with Crippen LogP contribution in [-0.2, 0) is 11.6 Å². The molecule has 2 fully saturated rings. The third-order valence-electron chi connectivity index (χ3n) is 8.89. The first-order valence-electron chi connectivity index (χ1n) is 15.9. The molecule has 4 aromatic rings. The highest BCUT2D eigenvalue weighted by molar-refractivity contribution is 7.70. The van der Waals surface area contributed by atoms with E-state index in [9.17, 15) is 4.57 Å². The van der Waals surface area contributed by atoms with Crippen LogP contribution in [0.15, 0.2) is 55.0 Å². The fourth-order valence-corrected chi connectivity index (χ4v) is 7.60. The molecule has 12 nitrogen and oxygen atoms in total. The molecule has 2 saturated heterocycles. The van der Waals surface area contributed by atoms with E-state index in [2.05, 4.69) is 58.8 Å². The summed E-state index contributed by atoms with van der Waals surface area (Å²) in [7, 11) is 3.22. The van der Waals surface area contributed by atoms with Crippen molar-refractivity contribution < 1.29 is 9.30 Å². The summed E-state index contributed by atoms with van der Waals surface area (Å²) in [6.07, 6.45) is 7.52. The molecule has 0 unspecified atom stereocenters. The summed E-state index contributed by atoms with van der Waals surface area (Å²) in [6, 6.07) is 12.2. The van der Waals surface area contributed by atoms with E-state index in [-0.39, 0.29) is 0 Å². The van der Waals surface area contributed by atoms with Crippen LogP contribution in [0.2, 0.25) is 5.02 Å². The Hall–Kier alpha value is -3.83. The highest BCUT2D eigenvalue weighted by atomic mass is 35.5. The van der Waals surface area contributed by atoms with Gasteiger partial charge in [0, 0.05) is 69.9 Å². The molecule has 0 spiro atoms. The number of ether oxygens (including phenoxy) is 1. The van der Waals surface area contributed by atoms with Crippen LogP contribution >= 0.6 is 18.7 Å². The summed E-state index contributed by atoms with van der Waals surface area (Å²) in [5.74, 6) is 1.39. The molecule has 0 radical (unpaired) electrons. The van der Waals surface area contributed by atoms with Crippen LogP contribution in [0.5, 0.6) is 5.75 Å². The number of hydrogen-bond acceptors (Lipinski definition) is 11. The minimum absolute atomic E-state index is 0.330. The fraction of sp³-hybridized carbons (Fsp3) is 0.424. The Morgan fingerprint density at radius 1 is 0.915 bits per heavy atom. The molecule has 6 rings (SSSR count). The topological polar surface area (TPSA) is 116 Å². The molecule has 4 heterocycles. The van der Waals surface area contributed by atoms with Gasteiger partial charge in [0.05, 0.1) is 47.9 Å². The summed E-state index contributed by atoms with van der Waals surface area (Å²) in [5, 5.41) is 15.6. The normalized spacial score (nSPS) is 16.7. The van der Waals surface area contributed by atoms with Crippen molar-refractivity contribution in [2.24, 2.45) is 7.05 Å². The van der Waals surface area contributed by atoms with Gasteiger partial charge < -0.3 is 35.1 Å². The molecular weight excluding hydrogens is 635 g/mol. The molecule has 3 N–H and O–H groups in total. The number of aromatic nitrogens is 4. The zero-order valence-corrected chi connectivity index (χ0v) is 29.4. The molecular formula is C33H44ClN10O2P. The molecule has 0 atom stereocenters. The van der Waals surface area contributed by atoms with E-state index in [4.69, 9.17) is 16.3 Å². The number of aryl methyl sites for hydroxylation is 1. The third kappa shape index (κ3) is 7.84. The van der Waals surface area contributed by atoms with Crippen LogP contribution in [0.3, 0.4) is 0 Å². The number of halogens is 1. The molecule has 2 aromatic carbocycles. The van der Waals surface area contributed by atoms with Crippen molar-refractivity contribution in [2.75, 3.05) is 87.6 Å². The van der Waals surface area contributed by atoms with Crippen molar-refractivity contribution in [3.63, 3.8) is 0 Å². The summed E-state index contributed by atoms with van der Waals surface area (Å²) in [6.45, 7) is 9.92. The summed E-state index contributed by atoms with van der Waals surface area (Å²) < 4.78 is 20.6. The Bertz CT molecular complexity index is 1750. The van der Waals surface area contributed by atoms with Gasteiger partial charge in [-0.25, -0.2) is 4.98 Å². The van der Waals surface area contributed by atoms with Gasteiger partial charge in [0.25, 0.3) is 0 Å². The van der Waals surface area contributed by atoms with Gasteiger partial charge in [0.2, 0.25) is 5.95 Å². The van der Waals surface area contributed by atoms with Crippen LogP contribution in [0.4, 0.5) is 40.2 Å². The highest BCUT2D eigenvalue weighted by Gasteiger charge is 2.28. The van der Waals surface area contributed by atoms with Gasteiger partial charge in [-0.2, -0.15) is 10.1 Å². The number of nitrogens with one attached hydrogen (secondary N) is 3. The maximum absolute atomic E-state index is 12.9. The first-order chi connectivity index (χ1) is 22.6. The smallest absolute Gasteiger partial charge is 0.229 e. The zero-order chi connectivity index (χ0) is 33.1. The molecule has 2 aliphatic heterocycles. The van der Waals surface area contributed by atoms with Gasteiger partial charge in [0.1, 0.15) is 17.9 Å². The second-order valence-corrected chi connectivity index (χ2v) is 16.3. The lowest BCUT2D eigenvalue weighted by Gasteiger charge is -2.43. The van der Waals surface area contributed by atoms with Crippen LogP contribution < -0.4 is 30.9 Å². The predicted octanol–water partition coefficient (Wildman–Crippen LogP) is 5.57. The van der Waals surface area contributed by atoms with Crippen LogP contribution in [0.1, 0.15) is 12.8 Å². The van der Waals surface area contributed by atoms with Crippen molar-refractivity contribution in [1.29, 1.82) is 0 Å². The second kappa shape index (κ2) is 14.1. The molecule has 0 bridgehead atoms. The van der Waals surface area contributed by atoms with Crippen molar-refractivity contribution in [1.82, 2.24) is 29.5 Å². The quantitative estimate of drug-likeness (QED) is 0.183. The van der Waals surface area contributed by atoms with Crippen molar-refractivity contribution in [3.8, 4) is 5.75 Å². The lowest BCUT2D eigenvalue weighted by Crippen LogP contribution is -2.52. The van der Waals surface area contributed by atoms with Gasteiger partial charge in [-0.05, 0) is 51.4 Å². The number of anilines is 7. The first-order valence-corrected chi connectivity index (χ1v) is 18.9. The highest BCUT2D eigenvalue weighted by Crippen LogP contribution is 2.41. The van der Waals surface area contributed by atoms with E-state index in [1.54, 1.807) is 31.3 Å². The van der Waals surface area contributed by atoms with Crippen LogP contribution in [0.25, 0.3) is 0 Å². The minimum Gasteiger partial charge on any atom is -0.494 e. The lowest BCUT2D eigenvalue weighted by molar-refractivity contribution is 0.0982. The van der Waals surface area contributed by atoms with E-state index in [1.807, 2.05) is 49.8 Å². The third-order valence-corrected chi connectivity index (χ3v) is 10.7. The maximum atomic E-state index is 12.9. The van der Waals surface area contributed by atoms with Crippen LogP contribution in [0, 0.1) is 0 Å². The SMILES string of the molecule is COc1cc(N2CCC(N3CCN(C)CC3)CC2)c(Nc2cnn(C)c2)cc1Nc1ncc(Cl)c(Nc2ccccc2P(C)(C)=O)n1. The van der Waals surface area contributed by atoms with Gasteiger partial charge >= 0.3 is 0 Å². The van der Waals surface area contributed by atoms with Gasteiger partial charge in [-0.3, -0.25) is 9.58 Å². The molecule has 0 amide bonds.